The fraction of sp³-hybridized carbons (Fsp3) is 0.952. The van der Waals surface area contributed by atoms with Crippen molar-refractivity contribution in [3.05, 3.63) is 0 Å². The largest absolute Gasteiger partial charge is 0.509 e. The molecule has 3 saturated heterocycles. The summed E-state index contributed by atoms with van der Waals surface area (Å²) in [5, 5.41) is 47.1. The number of nitrogens with zero attached hydrogens (tertiary/aromatic N) is 2. The lowest BCUT2D eigenvalue weighted by Gasteiger charge is -2.49. The number of cyclic esters (lactones) is 1. The molecule has 4 N–H and O–H groups in total. The second-order valence-electron chi connectivity index (χ2n) is 18.7. The predicted molar refractivity (Wildman–Crippen MR) is 215 cm³/mol. The average molecular weight is 835 g/mol. The van der Waals surface area contributed by atoms with Crippen LogP contribution in [0.15, 0.2) is 0 Å². The minimum Gasteiger partial charge on any atom is -0.459 e. The Labute approximate surface area is 347 Å². The highest BCUT2D eigenvalue weighted by atomic mass is 16.8. The number of carbonyl (C=O) groups is 2. The molecule has 3 aliphatic heterocycles. The van der Waals surface area contributed by atoms with Crippen molar-refractivity contribution in [2.45, 2.75) is 205 Å². The summed E-state index contributed by atoms with van der Waals surface area (Å²) < 4.78 is 49.5. The van der Waals surface area contributed by atoms with Crippen molar-refractivity contribution >= 4 is 12.1 Å². The molecule has 3 rings (SSSR count). The van der Waals surface area contributed by atoms with Crippen molar-refractivity contribution in [3.63, 3.8) is 0 Å². The monoisotopic (exact) mass is 835 g/mol. The van der Waals surface area contributed by atoms with Gasteiger partial charge in [0.05, 0.1) is 53.7 Å². The number of aliphatic hydroxyl groups is 4. The van der Waals surface area contributed by atoms with Gasteiger partial charge in [0, 0.05) is 32.0 Å². The highest BCUT2D eigenvalue weighted by Crippen LogP contribution is 2.40. The van der Waals surface area contributed by atoms with Crippen LogP contribution in [-0.2, 0) is 42.7 Å². The number of hydrogen-bond acceptors (Lipinski definition) is 16. The summed E-state index contributed by atoms with van der Waals surface area (Å²) in [5.74, 6) is -2.79. The van der Waals surface area contributed by atoms with Crippen molar-refractivity contribution in [2.75, 3.05) is 34.8 Å². The first-order chi connectivity index (χ1) is 26.7. The molecule has 0 spiro atoms. The van der Waals surface area contributed by atoms with E-state index >= 15 is 0 Å². The van der Waals surface area contributed by atoms with E-state index in [2.05, 4.69) is 0 Å². The highest BCUT2D eigenvalue weighted by molar-refractivity contribution is 5.73. The Bertz CT molecular complexity index is 1320. The number of aliphatic hydroxyl groups excluding tert-OH is 2. The summed E-state index contributed by atoms with van der Waals surface area (Å²) in [6, 6.07) is -0.925. The topological polar surface area (TPSA) is 195 Å². The summed E-state index contributed by atoms with van der Waals surface area (Å²) in [6.07, 6.45) is -10.1. The lowest BCUT2D eigenvalue weighted by atomic mass is 9.77. The van der Waals surface area contributed by atoms with Crippen LogP contribution in [-0.4, -0.2) is 174 Å². The number of carbonyl (C=O) groups excluding carboxylic acids is 2. The number of esters is 1. The third kappa shape index (κ3) is 12.0. The molecule has 0 aromatic rings. The van der Waals surface area contributed by atoms with Crippen molar-refractivity contribution < 1.29 is 67.9 Å². The van der Waals surface area contributed by atoms with Crippen LogP contribution in [0.3, 0.4) is 0 Å². The lowest BCUT2D eigenvalue weighted by molar-refractivity contribution is -0.318. The van der Waals surface area contributed by atoms with Gasteiger partial charge in [0.1, 0.15) is 23.9 Å². The third-order valence-corrected chi connectivity index (χ3v) is 12.7. The Kier molecular flexibility index (Phi) is 17.9. The molecular weight excluding hydrogens is 756 g/mol. The number of hydrogen-bond donors (Lipinski definition) is 4. The third-order valence-electron chi connectivity index (χ3n) is 12.7. The van der Waals surface area contributed by atoms with E-state index in [-0.39, 0.29) is 37.3 Å². The summed E-state index contributed by atoms with van der Waals surface area (Å²) in [6.45, 7) is 21.3. The molecule has 0 aromatic heterocycles. The van der Waals surface area contributed by atoms with Gasteiger partial charge in [0.25, 0.3) is 0 Å². The zero-order chi connectivity index (χ0) is 44.2. The molecule has 3 aliphatic rings. The first kappa shape index (κ1) is 50.7. The molecule has 3 fully saturated rings. The Morgan fingerprint density at radius 1 is 0.966 bits per heavy atom. The van der Waals surface area contributed by atoms with Gasteiger partial charge in [0.15, 0.2) is 18.7 Å². The van der Waals surface area contributed by atoms with Gasteiger partial charge in [-0.1, -0.05) is 20.8 Å². The molecule has 0 saturated carbocycles. The number of methoxy groups -OCH3 is 1. The van der Waals surface area contributed by atoms with Crippen molar-refractivity contribution in [1.29, 1.82) is 0 Å². The summed E-state index contributed by atoms with van der Waals surface area (Å²) >= 11 is 0. The van der Waals surface area contributed by atoms with Gasteiger partial charge in [-0.3, -0.25) is 4.79 Å². The van der Waals surface area contributed by atoms with Gasteiger partial charge in [-0.2, -0.15) is 0 Å². The molecule has 16 heteroatoms. The molecule has 0 bridgehead atoms. The van der Waals surface area contributed by atoms with Crippen LogP contribution in [0.2, 0.25) is 0 Å². The molecule has 0 radical (unpaired) electrons. The maximum Gasteiger partial charge on any atom is 0.509 e. The fourth-order valence-electron chi connectivity index (χ4n) is 9.18. The Balaban J connectivity index is 2.24. The number of ether oxygens (including phenoxy) is 8. The van der Waals surface area contributed by atoms with Crippen LogP contribution in [0.5, 0.6) is 0 Å². The second kappa shape index (κ2) is 20.4. The van der Waals surface area contributed by atoms with E-state index in [1.807, 2.05) is 44.8 Å². The molecule has 0 aliphatic carbocycles. The highest BCUT2D eigenvalue weighted by Gasteiger charge is 2.53. The predicted octanol–water partition coefficient (Wildman–Crippen LogP) is 3.47. The summed E-state index contributed by atoms with van der Waals surface area (Å²) in [5.41, 5.74) is -4.52. The lowest BCUT2D eigenvalue weighted by Crippen LogP contribution is -2.61. The molecule has 3 heterocycles. The van der Waals surface area contributed by atoms with Crippen LogP contribution in [0.1, 0.15) is 109 Å². The van der Waals surface area contributed by atoms with Gasteiger partial charge in [0.2, 0.25) is 0 Å². The maximum atomic E-state index is 14.4. The van der Waals surface area contributed by atoms with E-state index in [1.165, 1.54) is 14.0 Å². The smallest absolute Gasteiger partial charge is 0.459 e. The molecule has 340 valence electrons. The molecule has 0 unspecified atom stereocenters. The van der Waals surface area contributed by atoms with Crippen LogP contribution in [0, 0.1) is 17.8 Å². The van der Waals surface area contributed by atoms with Crippen LogP contribution in [0.25, 0.3) is 0 Å². The Hall–Kier alpha value is -1.70. The minimum atomic E-state index is -1.83. The average Bonchev–Trinajstić information content (AvgIpc) is 3.12. The Morgan fingerprint density at radius 3 is 2.14 bits per heavy atom. The fourth-order valence-corrected chi connectivity index (χ4v) is 9.18. The Morgan fingerprint density at radius 2 is 1.59 bits per heavy atom. The normalized spacial score (nSPS) is 45.6. The summed E-state index contributed by atoms with van der Waals surface area (Å²) in [4.78, 5) is 31.3. The summed E-state index contributed by atoms with van der Waals surface area (Å²) in [7, 11) is 7.07. The van der Waals surface area contributed by atoms with Gasteiger partial charge in [-0.15, -0.1) is 0 Å². The zero-order valence-electron chi connectivity index (χ0n) is 38.0. The van der Waals surface area contributed by atoms with E-state index in [0.29, 0.717) is 13.0 Å². The van der Waals surface area contributed by atoms with E-state index in [4.69, 9.17) is 37.9 Å². The first-order valence-electron chi connectivity index (χ1n) is 21.1. The molecule has 0 amide bonds. The molecule has 58 heavy (non-hydrogen) atoms. The molecular formula is C42H78N2O14. The molecule has 18 atom stereocenters. The van der Waals surface area contributed by atoms with Crippen LogP contribution in [0.4, 0.5) is 4.79 Å². The quantitative estimate of drug-likeness (QED) is 0.247. The number of rotatable bonds is 9. The van der Waals surface area contributed by atoms with Crippen molar-refractivity contribution in [1.82, 2.24) is 9.80 Å². The zero-order valence-corrected chi connectivity index (χ0v) is 38.0. The van der Waals surface area contributed by atoms with E-state index in [9.17, 15) is 30.0 Å². The minimum absolute atomic E-state index is 0.100. The van der Waals surface area contributed by atoms with Crippen LogP contribution < -0.4 is 0 Å². The van der Waals surface area contributed by atoms with Crippen molar-refractivity contribution in [2.24, 2.45) is 17.8 Å². The van der Waals surface area contributed by atoms with E-state index in [0.717, 1.165) is 0 Å². The molecule has 16 nitrogen and oxygen atoms in total. The standard InChI is InChI=1S/C42H78N2O14/c1-17-30-42(12,50)34(45)27(8)44(15)21-23(4)19-40(10,49)36(58-38-33(57-39(48)52-22(2)3)29(43(13)14)18-24(5)53-38)25(6)32(26(7)37(47)55-30)56-31-20-41(11,51-16)35(46)28(9)54-31/h22-36,38,45-46,49-50H,17-21H2,1-16H3/t23-,24-,25+,26-,27-,28+,29+,30-,31+,32+,33-,34-,35+,36-,38+,40-,41-,42-/m1/s1. The van der Waals surface area contributed by atoms with E-state index in [1.54, 1.807) is 62.3 Å². The van der Waals surface area contributed by atoms with Gasteiger partial charge >= 0.3 is 12.1 Å². The number of likely N-dealkylation sites (N-methyl/N-ethyl adjacent to an activating group) is 2. The molecule has 0 aromatic carbocycles. The van der Waals surface area contributed by atoms with Gasteiger partial charge in [-0.05, 0) is 109 Å². The second-order valence-corrected chi connectivity index (χ2v) is 18.7. The van der Waals surface area contributed by atoms with Crippen molar-refractivity contribution in [3.8, 4) is 0 Å². The van der Waals surface area contributed by atoms with Crippen LogP contribution >= 0.6 is 0 Å². The van der Waals surface area contributed by atoms with Gasteiger partial charge in [-0.25, -0.2) is 4.79 Å². The van der Waals surface area contributed by atoms with Gasteiger partial charge < -0.3 is 68.1 Å². The first-order valence-corrected chi connectivity index (χ1v) is 21.1. The van der Waals surface area contributed by atoms with E-state index < -0.39 is 108 Å². The SMILES string of the molecule is CC[C@H]1OC(=O)[C@H](C)[C@@H](O[C@H]2C[C@@](C)(OC)[C@@H](O)[C@H](C)O2)[C@H](C)[C@@H](O[C@@H]2O[C@H](C)C[C@H](N(C)C)[C@H]2OC(=O)OC(C)C)[C@](C)(O)C[C@@H](C)CN(C)[C@H](C)[C@@H](O)[C@]1(C)O. The maximum absolute atomic E-state index is 14.4.